The van der Waals surface area contributed by atoms with Crippen molar-refractivity contribution in [2.24, 2.45) is 5.41 Å². The number of rotatable bonds is 0. The Morgan fingerprint density at radius 1 is 1.31 bits per heavy atom. The van der Waals surface area contributed by atoms with Gasteiger partial charge in [0.05, 0.1) is 6.42 Å². The molecule has 3 nitrogen and oxygen atoms in total. The van der Waals surface area contributed by atoms with Gasteiger partial charge in [-0.05, 0) is 12.3 Å². The predicted molar refractivity (Wildman–Crippen MR) is 63.8 cm³/mol. The van der Waals surface area contributed by atoms with Crippen molar-refractivity contribution in [2.75, 3.05) is 0 Å². The van der Waals surface area contributed by atoms with Gasteiger partial charge in [-0.25, -0.2) is 0 Å². The largest absolute Gasteiger partial charge is 0.362 e. The highest BCUT2D eigenvalue weighted by Crippen LogP contribution is 2.52. The zero-order valence-corrected chi connectivity index (χ0v) is 11.9. The van der Waals surface area contributed by atoms with Crippen LogP contribution in [0.2, 0.25) is 0 Å². The van der Waals surface area contributed by atoms with Crippen molar-refractivity contribution in [3.63, 3.8) is 0 Å². The zero-order chi connectivity index (χ0) is 13.0. The molecule has 0 radical (unpaired) electrons. The van der Waals surface area contributed by atoms with Crippen molar-refractivity contribution >= 4 is 40.6 Å². The molecule has 0 aromatic carbocycles. The Hall–Kier alpha value is 0.460. The van der Waals surface area contributed by atoms with Gasteiger partial charge in [0.2, 0.25) is 9.58 Å². The zero-order valence-electron chi connectivity index (χ0n) is 9.60. The molecule has 16 heavy (non-hydrogen) atoms. The number of carbonyl (C=O) groups excluding carboxylic acids is 1. The van der Waals surface area contributed by atoms with E-state index >= 15 is 0 Å². The van der Waals surface area contributed by atoms with E-state index in [0.717, 1.165) is 0 Å². The highest BCUT2D eigenvalue weighted by Gasteiger charge is 2.64. The van der Waals surface area contributed by atoms with Gasteiger partial charge in [0.25, 0.3) is 0 Å². The molecule has 1 heterocycles. The highest BCUT2D eigenvalue weighted by atomic mass is 35.6. The first-order valence-electron chi connectivity index (χ1n) is 4.86. The maximum atomic E-state index is 11.9. The van der Waals surface area contributed by atoms with Crippen molar-refractivity contribution in [2.45, 2.75) is 49.3 Å². The number of hydrogen-bond donors (Lipinski definition) is 1. The topological polar surface area (TPSA) is 46.5 Å². The number of aliphatic hydroxyl groups is 1. The summed E-state index contributed by atoms with van der Waals surface area (Å²) in [6.07, 6.45) is -0.322. The Morgan fingerprint density at radius 2 is 1.75 bits per heavy atom. The summed E-state index contributed by atoms with van der Waals surface area (Å²) < 4.78 is 3.34. The highest BCUT2D eigenvalue weighted by molar-refractivity contribution is 6.68. The maximum absolute atomic E-state index is 11.9. The molecule has 0 bridgehead atoms. The maximum Gasteiger partial charge on any atom is 0.244 e. The molecular formula is C10H15Cl3O3. The molecule has 1 rings (SSSR count). The fourth-order valence-electron chi connectivity index (χ4n) is 1.55. The van der Waals surface area contributed by atoms with E-state index in [2.05, 4.69) is 0 Å². The van der Waals surface area contributed by atoms with Gasteiger partial charge in [0, 0.05) is 0 Å². The molecule has 0 spiro atoms. The van der Waals surface area contributed by atoms with E-state index in [9.17, 15) is 9.90 Å². The summed E-state index contributed by atoms with van der Waals surface area (Å²) in [6.45, 7) is 7.09. The lowest BCUT2D eigenvalue weighted by molar-refractivity contribution is -0.237. The Kier molecular flexibility index (Phi) is 3.38. The summed E-state index contributed by atoms with van der Waals surface area (Å²) in [5, 5.41) is 10.1. The lowest BCUT2D eigenvalue weighted by Gasteiger charge is -2.39. The van der Waals surface area contributed by atoms with Crippen LogP contribution in [0.3, 0.4) is 0 Å². The van der Waals surface area contributed by atoms with E-state index < -0.39 is 20.6 Å². The standard InChI is InChI=1S/C10H15Cl3O3/c1-7(2,3)8(4)6(14)5-9(15,16-8)10(11,12)13/h15H,5H2,1-4H3/t8-,9-/m0/s1. The first-order chi connectivity index (χ1) is 6.83. The average molecular weight is 290 g/mol. The minimum atomic E-state index is -2.06. The molecule has 0 aromatic heterocycles. The van der Waals surface area contributed by atoms with Crippen LogP contribution in [0.4, 0.5) is 0 Å². The number of halogens is 3. The van der Waals surface area contributed by atoms with Crippen LogP contribution in [0.25, 0.3) is 0 Å². The first kappa shape index (κ1) is 14.5. The smallest absolute Gasteiger partial charge is 0.244 e. The van der Waals surface area contributed by atoms with Gasteiger partial charge in [-0.2, -0.15) is 0 Å². The normalized spacial score (nSPS) is 36.9. The van der Waals surface area contributed by atoms with Crippen LogP contribution in [-0.4, -0.2) is 26.1 Å². The second-order valence-electron chi connectivity index (χ2n) is 5.27. The monoisotopic (exact) mass is 288 g/mol. The second kappa shape index (κ2) is 3.72. The Labute approximate surface area is 110 Å². The van der Waals surface area contributed by atoms with Crippen LogP contribution >= 0.6 is 34.8 Å². The van der Waals surface area contributed by atoms with E-state index in [-0.39, 0.29) is 12.2 Å². The summed E-state index contributed by atoms with van der Waals surface area (Å²) in [6, 6.07) is 0. The van der Waals surface area contributed by atoms with E-state index in [1.165, 1.54) is 0 Å². The summed E-state index contributed by atoms with van der Waals surface area (Å²) in [4.78, 5) is 11.9. The molecule has 6 heteroatoms. The Bertz CT molecular complexity index is 318. The third-order valence-electron chi connectivity index (χ3n) is 3.18. The molecule has 1 saturated heterocycles. The molecule has 1 aliphatic rings. The van der Waals surface area contributed by atoms with Crippen LogP contribution in [-0.2, 0) is 9.53 Å². The van der Waals surface area contributed by atoms with Crippen LogP contribution in [0, 0.1) is 5.41 Å². The van der Waals surface area contributed by atoms with Crippen molar-refractivity contribution in [3.8, 4) is 0 Å². The SMILES string of the molecule is CC(C)(C)[C@@]1(C)O[C@](O)(C(Cl)(Cl)Cl)CC1=O. The van der Waals surface area contributed by atoms with E-state index in [0.29, 0.717) is 0 Å². The molecule has 0 aromatic rings. The van der Waals surface area contributed by atoms with Crippen molar-refractivity contribution in [1.82, 2.24) is 0 Å². The fourth-order valence-corrected chi connectivity index (χ4v) is 1.86. The van der Waals surface area contributed by atoms with Crippen molar-refractivity contribution in [1.29, 1.82) is 0 Å². The number of alkyl halides is 3. The first-order valence-corrected chi connectivity index (χ1v) is 5.99. The molecule has 0 unspecified atom stereocenters. The third kappa shape index (κ3) is 2.08. The number of ketones is 1. The summed E-state index contributed by atoms with van der Waals surface area (Å²) in [7, 11) is 0. The molecule has 0 saturated carbocycles. The van der Waals surface area contributed by atoms with Gasteiger partial charge < -0.3 is 9.84 Å². The predicted octanol–water partition coefficient (Wildman–Crippen LogP) is 2.84. The van der Waals surface area contributed by atoms with Gasteiger partial charge >= 0.3 is 0 Å². The molecule has 1 fully saturated rings. The van der Waals surface area contributed by atoms with Gasteiger partial charge in [-0.15, -0.1) is 0 Å². The van der Waals surface area contributed by atoms with E-state index in [4.69, 9.17) is 39.5 Å². The summed E-state index contributed by atoms with van der Waals surface area (Å²) >= 11 is 16.9. The lowest BCUT2D eigenvalue weighted by Crippen LogP contribution is -2.49. The molecule has 94 valence electrons. The summed E-state index contributed by atoms with van der Waals surface area (Å²) in [5.74, 6) is -2.33. The summed E-state index contributed by atoms with van der Waals surface area (Å²) in [5.41, 5.74) is -1.66. The van der Waals surface area contributed by atoms with E-state index in [1.54, 1.807) is 6.92 Å². The molecule has 1 aliphatic heterocycles. The third-order valence-corrected chi connectivity index (χ3v) is 4.07. The number of Topliss-reactive ketones (excluding diaryl/α,β-unsaturated/α-hetero) is 1. The van der Waals surface area contributed by atoms with Gasteiger partial charge in [-0.1, -0.05) is 55.6 Å². The van der Waals surface area contributed by atoms with Gasteiger partial charge in [0.1, 0.15) is 5.60 Å². The van der Waals surface area contributed by atoms with Crippen molar-refractivity contribution in [3.05, 3.63) is 0 Å². The van der Waals surface area contributed by atoms with Crippen LogP contribution in [0.5, 0.6) is 0 Å². The average Bonchev–Trinajstić information content (AvgIpc) is 2.21. The Balaban J connectivity index is 3.13. The minimum Gasteiger partial charge on any atom is -0.362 e. The Morgan fingerprint density at radius 3 is 1.94 bits per heavy atom. The molecule has 1 N–H and O–H groups in total. The molecular weight excluding hydrogens is 274 g/mol. The molecule has 0 amide bonds. The van der Waals surface area contributed by atoms with Gasteiger partial charge in [-0.3, -0.25) is 4.79 Å². The van der Waals surface area contributed by atoms with E-state index in [1.807, 2.05) is 20.8 Å². The molecule has 0 aliphatic carbocycles. The lowest BCUT2D eigenvalue weighted by atomic mass is 9.75. The number of carbonyl (C=O) groups is 1. The molecule has 2 atom stereocenters. The van der Waals surface area contributed by atoms with Crippen LogP contribution in [0.1, 0.15) is 34.1 Å². The second-order valence-corrected chi connectivity index (χ2v) is 7.55. The number of hydrogen-bond acceptors (Lipinski definition) is 3. The van der Waals surface area contributed by atoms with Crippen LogP contribution < -0.4 is 0 Å². The number of ether oxygens (including phenoxy) is 1. The quantitative estimate of drug-likeness (QED) is 0.698. The van der Waals surface area contributed by atoms with Crippen molar-refractivity contribution < 1.29 is 14.6 Å². The minimum absolute atomic E-state index is 0.270. The fraction of sp³-hybridized carbons (Fsp3) is 0.900. The van der Waals surface area contributed by atoms with Gasteiger partial charge in [0.15, 0.2) is 5.78 Å². The van der Waals surface area contributed by atoms with Crippen LogP contribution in [0.15, 0.2) is 0 Å².